The molecule has 1 spiro atoms. The summed E-state index contributed by atoms with van der Waals surface area (Å²) in [6.07, 6.45) is 2.65. The Labute approximate surface area is 142 Å². The number of likely N-dealkylation sites (tertiary alicyclic amines) is 1. The number of hydrogen-bond acceptors (Lipinski definition) is 3. The number of benzene rings is 1. The highest BCUT2D eigenvalue weighted by molar-refractivity contribution is 6.09. The average molecular weight is 328 g/mol. The molecule has 1 aromatic rings. The predicted octanol–water partition coefficient (Wildman–Crippen LogP) is 1.99. The molecule has 2 atom stereocenters. The number of ether oxygens (including phenoxy) is 1. The van der Waals surface area contributed by atoms with Crippen molar-refractivity contribution in [1.82, 2.24) is 4.90 Å². The predicted molar refractivity (Wildman–Crippen MR) is 90.7 cm³/mol. The summed E-state index contributed by atoms with van der Waals surface area (Å²) < 4.78 is 5.53. The van der Waals surface area contributed by atoms with Gasteiger partial charge in [-0.1, -0.05) is 17.7 Å². The van der Waals surface area contributed by atoms with Gasteiger partial charge in [-0.3, -0.25) is 9.59 Å². The number of anilines is 1. The van der Waals surface area contributed by atoms with Crippen molar-refractivity contribution in [2.45, 2.75) is 26.2 Å². The molecule has 3 aliphatic rings. The van der Waals surface area contributed by atoms with E-state index < -0.39 is 5.92 Å². The van der Waals surface area contributed by atoms with Gasteiger partial charge in [0.1, 0.15) is 5.92 Å². The standard InChI is InChI=1S/C19H24N2O3/c1-14-2-4-15(5-3-14)21-9-6-16(18(21)23)17(22)20-10-7-19(12-20)8-11-24-13-19/h2-5,16H,6-13H2,1H3. The highest BCUT2D eigenvalue weighted by Gasteiger charge is 2.46. The highest BCUT2D eigenvalue weighted by atomic mass is 16.5. The second-order valence-corrected chi connectivity index (χ2v) is 7.48. The van der Waals surface area contributed by atoms with Crippen LogP contribution in [0.5, 0.6) is 0 Å². The summed E-state index contributed by atoms with van der Waals surface area (Å²) in [6, 6.07) is 7.92. The Balaban J connectivity index is 1.44. The molecule has 4 rings (SSSR count). The molecule has 5 heteroatoms. The average Bonchev–Trinajstić information content (AvgIpc) is 3.30. The largest absolute Gasteiger partial charge is 0.381 e. The molecule has 3 fully saturated rings. The summed E-state index contributed by atoms with van der Waals surface area (Å²) >= 11 is 0. The van der Waals surface area contributed by atoms with Gasteiger partial charge in [0.25, 0.3) is 0 Å². The van der Waals surface area contributed by atoms with E-state index in [0.717, 1.165) is 44.8 Å². The lowest BCUT2D eigenvalue weighted by Gasteiger charge is -2.24. The maximum atomic E-state index is 12.9. The third-order valence-corrected chi connectivity index (χ3v) is 5.78. The van der Waals surface area contributed by atoms with E-state index in [1.165, 1.54) is 5.56 Å². The van der Waals surface area contributed by atoms with E-state index in [1.54, 1.807) is 4.90 Å². The van der Waals surface area contributed by atoms with E-state index >= 15 is 0 Å². The topological polar surface area (TPSA) is 49.9 Å². The van der Waals surface area contributed by atoms with E-state index in [9.17, 15) is 9.59 Å². The number of aryl methyl sites for hydroxylation is 1. The van der Waals surface area contributed by atoms with Crippen molar-refractivity contribution in [2.24, 2.45) is 11.3 Å². The summed E-state index contributed by atoms with van der Waals surface area (Å²) in [5, 5.41) is 0. The molecule has 0 aliphatic carbocycles. The van der Waals surface area contributed by atoms with Crippen molar-refractivity contribution in [3.63, 3.8) is 0 Å². The van der Waals surface area contributed by atoms with Gasteiger partial charge >= 0.3 is 0 Å². The first-order chi connectivity index (χ1) is 11.6. The lowest BCUT2D eigenvalue weighted by atomic mass is 9.87. The van der Waals surface area contributed by atoms with Gasteiger partial charge in [0.2, 0.25) is 11.8 Å². The molecule has 5 nitrogen and oxygen atoms in total. The van der Waals surface area contributed by atoms with Crippen LogP contribution in [-0.4, -0.2) is 49.6 Å². The lowest BCUT2D eigenvalue weighted by Crippen LogP contribution is -2.40. The SMILES string of the molecule is Cc1ccc(N2CCC(C(=O)N3CCC4(CCOC4)C3)C2=O)cc1. The molecule has 0 radical (unpaired) electrons. The molecule has 2 unspecified atom stereocenters. The lowest BCUT2D eigenvalue weighted by molar-refractivity contribution is -0.139. The molecule has 0 bridgehead atoms. The summed E-state index contributed by atoms with van der Waals surface area (Å²) in [5.74, 6) is -0.547. The third kappa shape index (κ3) is 2.61. The molecule has 0 aromatic heterocycles. The molecular weight excluding hydrogens is 304 g/mol. The summed E-state index contributed by atoms with van der Waals surface area (Å²) in [5.41, 5.74) is 2.20. The number of rotatable bonds is 2. The zero-order valence-electron chi connectivity index (χ0n) is 14.2. The first-order valence-corrected chi connectivity index (χ1v) is 8.83. The molecule has 3 heterocycles. The number of carbonyl (C=O) groups excluding carboxylic acids is 2. The van der Waals surface area contributed by atoms with Crippen molar-refractivity contribution in [2.75, 3.05) is 37.7 Å². The fourth-order valence-corrected chi connectivity index (χ4v) is 4.21. The van der Waals surface area contributed by atoms with Gasteiger partial charge in [-0.15, -0.1) is 0 Å². The number of nitrogens with zero attached hydrogens (tertiary/aromatic N) is 2. The quantitative estimate of drug-likeness (QED) is 0.780. The molecule has 0 saturated carbocycles. The van der Waals surface area contributed by atoms with Gasteiger partial charge in [-0.2, -0.15) is 0 Å². The molecule has 2 amide bonds. The van der Waals surface area contributed by atoms with Crippen molar-refractivity contribution < 1.29 is 14.3 Å². The van der Waals surface area contributed by atoms with Gasteiger partial charge in [-0.05, 0) is 38.3 Å². The number of carbonyl (C=O) groups is 2. The monoisotopic (exact) mass is 328 g/mol. The van der Waals surface area contributed by atoms with Crippen molar-refractivity contribution in [3.8, 4) is 0 Å². The first kappa shape index (κ1) is 15.6. The van der Waals surface area contributed by atoms with Crippen LogP contribution in [0.4, 0.5) is 5.69 Å². The summed E-state index contributed by atoms with van der Waals surface area (Å²) in [4.78, 5) is 29.3. The van der Waals surface area contributed by atoms with Crippen LogP contribution < -0.4 is 4.90 Å². The van der Waals surface area contributed by atoms with Crippen LogP contribution in [0.15, 0.2) is 24.3 Å². The third-order valence-electron chi connectivity index (χ3n) is 5.78. The normalized spacial score (nSPS) is 29.9. The second kappa shape index (κ2) is 5.88. The Morgan fingerprint density at radius 2 is 2.00 bits per heavy atom. The number of amides is 2. The Morgan fingerprint density at radius 3 is 2.71 bits per heavy atom. The maximum absolute atomic E-state index is 12.9. The first-order valence-electron chi connectivity index (χ1n) is 8.83. The molecule has 24 heavy (non-hydrogen) atoms. The van der Waals surface area contributed by atoms with Gasteiger partial charge in [-0.25, -0.2) is 0 Å². The molecule has 0 N–H and O–H groups in total. The van der Waals surface area contributed by atoms with Gasteiger partial charge in [0.15, 0.2) is 0 Å². The van der Waals surface area contributed by atoms with Gasteiger partial charge < -0.3 is 14.5 Å². The zero-order chi connectivity index (χ0) is 16.7. The van der Waals surface area contributed by atoms with Crippen LogP contribution >= 0.6 is 0 Å². The number of hydrogen-bond donors (Lipinski definition) is 0. The Kier molecular flexibility index (Phi) is 3.83. The van der Waals surface area contributed by atoms with Crippen LogP contribution in [0, 0.1) is 18.3 Å². The minimum absolute atomic E-state index is 0.0124. The van der Waals surface area contributed by atoms with Crippen molar-refractivity contribution in [1.29, 1.82) is 0 Å². The summed E-state index contributed by atoms with van der Waals surface area (Å²) in [6.45, 7) is 5.71. The van der Waals surface area contributed by atoms with Crippen molar-refractivity contribution in [3.05, 3.63) is 29.8 Å². The Hall–Kier alpha value is -1.88. The minimum Gasteiger partial charge on any atom is -0.381 e. The van der Waals surface area contributed by atoms with E-state index in [0.29, 0.717) is 13.0 Å². The maximum Gasteiger partial charge on any atom is 0.239 e. The van der Waals surface area contributed by atoms with Crippen LogP contribution in [0.2, 0.25) is 0 Å². The second-order valence-electron chi connectivity index (χ2n) is 7.48. The molecule has 128 valence electrons. The molecule has 3 aliphatic heterocycles. The van der Waals surface area contributed by atoms with E-state index in [4.69, 9.17) is 4.74 Å². The van der Waals surface area contributed by atoms with Crippen LogP contribution in [-0.2, 0) is 14.3 Å². The Morgan fingerprint density at radius 1 is 1.21 bits per heavy atom. The molecule has 1 aromatic carbocycles. The van der Waals surface area contributed by atoms with Gasteiger partial charge in [0, 0.05) is 37.3 Å². The highest BCUT2D eigenvalue weighted by Crippen LogP contribution is 2.39. The zero-order valence-corrected chi connectivity index (χ0v) is 14.2. The fourth-order valence-electron chi connectivity index (χ4n) is 4.21. The van der Waals surface area contributed by atoms with Crippen LogP contribution in [0.3, 0.4) is 0 Å². The summed E-state index contributed by atoms with van der Waals surface area (Å²) in [7, 11) is 0. The van der Waals surface area contributed by atoms with Gasteiger partial charge in [0.05, 0.1) is 6.61 Å². The molecular formula is C19H24N2O3. The fraction of sp³-hybridized carbons (Fsp3) is 0.579. The van der Waals surface area contributed by atoms with Crippen LogP contribution in [0.1, 0.15) is 24.8 Å². The van der Waals surface area contributed by atoms with E-state index in [2.05, 4.69) is 0 Å². The molecule has 3 saturated heterocycles. The van der Waals surface area contributed by atoms with Crippen LogP contribution in [0.25, 0.3) is 0 Å². The van der Waals surface area contributed by atoms with E-state index in [-0.39, 0.29) is 17.2 Å². The van der Waals surface area contributed by atoms with E-state index in [1.807, 2.05) is 36.1 Å². The minimum atomic E-state index is -0.510. The van der Waals surface area contributed by atoms with Crippen molar-refractivity contribution >= 4 is 17.5 Å². The smallest absolute Gasteiger partial charge is 0.239 e. The Bertz CT molecular complexity index is 649.